The van der Waals surface area contributed by atoms with E-state index in [1.54, 1.807) is 18.3 Å². The first-order valence-corrected chi connectivity index (χ1v) is 11.8. The average molecular weight is 466 g/mol. The summed E-state index contributed by atoms with van der Waals surface area (Å²) in [4.78, 5) is 34.7. The van der Waals surface area contributed by atoms with E-state index in [0.717, 1.165) is 35.2 Å². The van der Waals surface area contributed by atoms with E-state index in [1.165, 1.54) is 18.5 Å². The van der Waals surface area contributed by atoms with E-state index in [-0.39, 0.29) is 12.3 Å². The molecule has 0 bridgehead atoms. The van der Waals surface area contributed by atoms with Crippen LogP contribution in [-0.4, -0.2) is 34.9 Å². The summed E-state index contributed by atoms with van der Waals surface area (Å²) in [7, 11) is 0. The molecule has 0 saturated carbocycles. The fourth-order valence-electron chi connectivity index (χ4n) is 4.46. The number of H-pyrrole nitrogens is 1. The predicted molar refractivity (Wildman–Crippen MR) is 140 cm³/mol. The number of carbonyl (C=O) groups excluding carboxylic acids is 2. The van der Waals surface area contributed by atoms with Crippen LogP contribution in [-0.2, 0) is 16.0 Å². The van der Waals surface area contributed by atoms with Gasteiger partial charge in [-0.15, -0.1) is 0 Å². The Morgan fingerprint density at radius 3 is 2.46 bits per heavy atom. The molecule has 176 valence electrons. The molecule has 7 nitrogen and oxygen atoms in total. The molecule has 0 radical (unpaired) electrons. The Balaban J connectivity index is 1.29. The van der Waals surface area contributed by atoms with Crippen molar-refractivity contribution >= 4 is 46.0 Å². The van der Waals surface area contributed by atoms with Gasteiger partial charge in [0.1, 0.15) is 11.5 Å². The number of pyridine rings is 1. The lowest BCUT2D eigenvalue weighted by molar-refractivity contribution is -0.115. The van der Waals surface area contributed by atoms with E-state index < -0.39 is 5.91 Å². The SMILES string of the molecule is NC(=O)/C(=C\c1c[nH]c2nc(NC(=O)Cc3ccc(N4CCCC4)cc3)ccc12)c1ccccc1. The van der Waals surface area contributed by atoms with E-state index in [0.29, 0.717) is 17.0 Å². The number of hydrogen-bond acceptors (Lipinski definition) is 4. The van der Waals surface area contributed by atoms with Crippen molar-refractivity contribution in [3.05, 3.63) is 89.6 Å². The Kier molecular flexibility index (Phi) is 6.30. The van der Waals surface area contributed by atoms with Gasteiger partial charge in [0.05, 0.1) is 6.42 Å². The van der Waals surface area contributed by atoms with E-state index >= 15 is 0 Å². The van der Waals surface area contributed by atoms with E-state index in [2.05, 4.69) is 32.3 Å². The lowest BCUT2D eigenvalue weighted by Crippen LogP contribution is -2.18. The number of anilines is 2. The molecular formula is C28H27N5O2. The highest BCUT2D eigenvalue weighted by Crippen LogP contribution is 2.25. The second kappa shape index (κ2) is 9.85. The molecule has 0 atom stereocenters. The maximum Gasteiger partial charge on any atom is 0.249 e. The molecule has 1 fully saturated rings. The van der Waals surface area contributed by atoms with Crippen LogP contribution in [0.4, 0.5) is 11.5 Å². The van der Waals surface area contributed by atoms with Gasteiger partial charge in [0.15, 0.2) is 0 Å². The van der Waals surface area contributed by atoms with E-state index in [1.807, 2.05) is 48.5 Å². The number of nitrogens with one attached hydrogen (secondary N) is 2. The van der Waals surface area contributed by atoms with Gasteiger partial charge >= 0.3 is 0 Å². The minimum Gasteiger partial charge on any atom is -0.372 e. The molecule has 0 unspecified atom stereocenters. The van der Waals surface area contributed by atoms with Gasteiger partial charge in [-0.1, -0.05) is 42.5 Å². The average Bonchev–Trinajstić information content (AvgIpc) is 3.54. The summed E-state index contributed by atoms with van der Waals surface area (Å²) in [5.74, 6) is -0.167. The minimum absolute atomic E-state index is 0.127. The van der Waals surface area contributed by atoms with Crippen molar-refractivity contribution in [2.75, 3.05) is 23.3 Å². The first kappa shape index (κ1) is 22.4. The van der Waals surface area contributed by atoms with Crippen molar-refractivity contribution in [2.45, 2.75) is 19.3 Å². The third-order valence-electron chi connectivity index (χ3n) is 6.26. The molecule has 1 aliphatic rings. The van der Waals surface area contributed by atoms with Crippen molar-refractivity contribution in [2.24, 2.45) is 5.73 Å². The standard InChI is InChI=1S/C28H27N5O2/c29-27(35)24(20-6-2-1-3-7-20)17-21-18-30-28-23(21)12-13-25(32-28)31-26(34)16-19-8-10-22(11-9-19)33-14-4-5-15-33/h1-3,6-13,17-18H,4-5,14-16H2,(H2,29,35)(H2,30,31,32,34)/b24-17-. The van der Waals surface area contributed by atoms with Crippen LogP contribution in [0, 0.1) is 0 Å². The Bertz CT molecular complexity index is 1380. The van der Waals surface area contributed by atoms with Gasteiger partial charge < -0.3 is 20.9 Å². The zero-order valence-electron chi connectivity index (χ0n) is 19.3. The number of nitrogens with two attached hydrogens (primary N) is 1. The van der Waals surface area contributed by atoms with Crippen molar-refractivity contribution < 1.29 is 9.59 Å². The van der Waals surface area contributed by atoms with E-state index in [9.17, 15) is 9.59 Å². The van der Waals surface area contributed by atoms with Crippen molar-refractivity contribution in [1.82, 2.24) is 9.97 Å². The van der Waals surface area contributed by atoms with E-state index in [4.69, 9.17) is 5.73 Å². The quantitative estimate of drug-likeness (QED) is 0.353. The molecule has 4 N–H and O–H groups in total. The summed E-state index contributed by atoms with van der Waals surface area (Å²) in [6.07, 6.45) is 6.27. The van der Waals surface area contributed by atoms with Gasteiger partial charge in [-0.05, 0) is 54.3 Å². The fraction of sp³-hybridized carbons (Fsp3) is 0.179. The molecule has 2 aromatic carbocycles. The molecule has 5 rings (SSSR count). The lowest BCUT2D eigenvalue weighted by Gasteiger charge is -2.17. The summed E-state index contributed by atoms with van der Waals surface area (Å²) in [6.45, 7) is 2.20. The third kappa shape index (κ3) is 5.09. The molecule has 0 aliphatic carbocycles. The number of carbonyl (C=O) groups is 2. The number of aromatic amines is 1. The van der Waals surface area contributed by atoms with Crippen LogP contribution in [0.3, 0.4) is 0 Å². The maximum absolute atomic E-state index is 12.6. The van der Waals surface area contributed by atoms with Crippen LogP contribution in [0.5, 0.6) is 0 Å². The predicted octanol–water partition coefficient (Wildman–Crippen LogP) is 4.37. The molecule has 35 heavy (non-hydrogen) atoms. The second-order valence-corrected chi connectivity index (χ2v) is 8.71. The minimum atomic E-state index is -0.504. The topological polar surface area (TPSA) is 104 Å². The summed E-state index contributed by atoms with van der Waals surface area (Å²) >= 11 is 0. The highest BCUT2D eigenvalue weighted by atomic mass is 16.2. The number of aromatic nitrogens is 2. The van der Waals surface area contributed by atoms with Crippen LogP contribution in [0.2, 0.25) is 0 Å². The van der Waals surface area contributed by atoms with Gasteiger partial charge in [-0.2, -0.15) is 0 Å². The normalized spacial score (nSPS) is 13.8. The second-order valence-electron chi connectivity index (χ2n) is 8.71. The summed E-state index contributed by atoms with van der Waals surface area (Å²) < 4.78 is 0. The Hall–Kier alpha value is -4.39. The molecule has 1 aliphatic heterocycles. The third-order valence-corrected chi connectivity index (χ3v) is 6.26. The van der Waals surface area contributed by atoms with Gasteiger partial charge in [-0.25, -0.2) is 4.98 Å². The first-order valence-electron chi connectivity index (χ1n) is 11.8. The summed E-state index contributed by atoms with van der Waals surface area (Å²) in [5, 5.41) is 3.71. The molecule has 2 amide bonds. The van der Waals surface area contributed by atoms with Crippen LogP contribution >= 0.6 is 0 Å². The molecule has 2 aromatic heterocycles. The number of fused-ring (bicyclic) bond motifs is 1. The highest BCUT2D eigenvalue weighted by molar-refractivity contribution is 6.24. The Morgan fingerprint density at radius 1 is 1.00 bits per heavy atom. The number of rotatable bonds is 7. The fourth-order valence-corrected chi connectivity index (χ4v) is 4.46. The van der Waals surface area contributed by atoms with Gasteiger partial charge in [-0.3, -0.25) is 9.59 Å². The number of primary amides is 1. The number of benzene rings is 2. The van der Waals surface area contributed by atoms with Crippen molar-refractivity contribution in [3.63, 3.8) is 0 Å². The van der Waals surface area contributed by atoms with Crippen LogP contribution in [0.1, 0.15) is 29.5 Å². The number of hydrogen-bond donors (Lipinski definition) is 3. The van der Waals surface area contributed by atoms with Crippen molar-refractivity contribution in [3.8, 4) is 0 Å². The smallest absolute Gasteiger partial charge is 0.249 e. The lowest BCUT2D eigenvalue weighted by atomic mass is 10.0. The zero-order valence-corrected chi connectivity index (χ0v) is 19.3. The molecular weight excluding hydrogens is 438 g/mol. The summed E-state index contributed by atoms with van der Waals surface area (Å²) in [5.41, 5.74) is 10.4. The molecule has 4 aromatic rings. The first-order chi connectivity index (χ1) is 17.1. The van der Waals surface area contributed by atoms with Gasteiger partial charge in [0.2, 0.25) is 11.8 Å². The maximum atomic E-state index is 12.6. The Morgan fingerprint density at radius 2 is 1.74 bits per heavy atom. The monoisotopic (exact) mass is 465 g/mol. The highest BCUT2D eigenvalue weighted by Gasteiger charge is 2.14. The molecule has 0 spiro atoms. The number of amides is 2. The molecule has 7 heteroatoms. The van der Waals surface area contributed by atoms with Gasteiger partial charge in [0, 0.05) is 41.5 Å². The molecule has 1 saturated heterocycles. The zero-order chi connectivity index (χ0) is 24.2. The van der Waals surface area contributed by atoms with Gasteiger partial charge in [0.25, 0.3) is 0 Å². The summed E-state index contributed by atoms with van der Waals surface area (Å²) in [6, 6.07) is 21.1. The van der Waals surface area contributed by atoms with Crippen LogP contribution in [0.15, 0.2) is 72.9 Å². The number of nitrogens with zero attached hydrogens (tertiary/aromatic N) is 2. The van der Waals surface area contributed by atoms with Crippen LogP contribution < -0.4 is 16.0 Å². The van der Waals surface area contributed by atoms with Crippen LogP contribution in [0.25, 0.3) is 22.7 Å². The Labute approximate surface area is 203 Å². The molecule has 3 heterocycles. The van der Waals surface area contributed by atoms with Crippen molar-refractivity contribution in [1.29, 1.82) is 0 Å². The largest absolute Gasteiger partial charge is 0.372 e.